The third-order valence-corrected chi connectivity index (χ3v) is 6.92. The summed E-state index contributed by atoms with van der Waals surface area (Å²) >= 11 is 0. The number of methoxy groups -OCH3 is 1. The number of ketones is 2. The molecule has 0 radical (unpaired) electrons. The maximum atomic E-state index is 13.0. The first kappa shape index (κ1) is 23.6. The maximum Gasteiger partial charge on any atom is 0.163 e. The van der Waals surface area contributed by atoms with Gasteiger partial charge in [-0.3, -0.25) is 9.59 Å². The summed E-state index contributed by atoms with van der Waals surface area (Å²) in [5.74, 6) is 2.67. The van der Waals surface area contributed by atoms with Crippen LogP contribution in [-0.4, -0.2) is 25.3 Å². The number of benzene rings is 1. The lowest BCUT2D eigenvalue weighted by atomic mass is 9.73. The highest BCUT2D eigenvalue weighted by Gasteiger charge is 2.41. The first-order valence-corrected chi connectivity index (χ1v) is 12.6. The second kappa shape index (κ2) is 11.0. The van der Waals surface area contributed by atoms with E-state index in [1.54, 1.807) is 7.11 Å². The molecule has 4 rings (SSSR count). The van der Waals surface area contributed by atoms with Crippen molar-refractivity contribution in [3.05, 3.63) is 46.4 Å². The van der Waals surface area contributed by atoms with E-state index in [1.807, 2.05) is 18.2 Å². The number of rotatable bonds is 10. The van der Waals surface area contributed by atoms with Gasteiger partial charge in [0, 0.05) is 42.7 Å². The number of carbonyl (C=O) groups excluding carboxylic acids is 2. The molecule has 1 aliphatic heterocycles. The first-order chi connectivity index (χ1) is 16.1. The van der Waals surface area contributed by atoms with Crippen LogP contribution in [0.5, 0.6) is 11.5 Å². The van der Waals surface area contributed by atoms with Crippen molar-refractivity contribution in [3.63, 3.8) is 0 Å². The van der Waals surface area contributed by atoms with E-state index >= 15 is 0 Å². The Bertz CT molecular complexity index is 913. The fourth-order valence-electron chi connectivity index (χ4n) is 5.20. The number of hydrogen-bond acceptors (Lipinski definition) is 5. The molecule has 0 saturated carbocycles. The minimum absolute atomic E-state index is 0.0912. The van der Waals surface area contributed by atoms with Crippen LogP contribution >= 0.6 is 0 Å². The number of ether oxygens (including phenoxy) is 3. The van der Waals surface area contributed by atoms with Crippen molar-refractivity contribution in [1.82, 2.24) is 0 Å². The van der Waals surface area contributed by atoms with Gasteiger partial charge in [-0.05, 0) is 37.0 Å². The van der Waals surface area contributed by atoms with Gasteiger partial charge in [0.15, 0.2) is 23.1 Å². The standard InChI is InChI=1S/C28H36O5/c1-3-4-5-6-7-8-17-32-22-16-15-19(18-25(22)31-2)26-27-20(29)11-9-13-23(27)33-24-14-10-12-21(30)28(24)26/h15-16,18,26H,3-14,17H2,1-2H3. The van der Waals surface area contributed by atoms with Crippen LogP contribution in [0.3, 0.4) is 0 Å². The van der Waals surface area contributed by atoms with Gasteiger partial charge < -0.3 is 14.2 Å². The largest absolute Gasteiger partial charge is 0.493 e. The Labute approximate surface area is 197 Å². The summed E-state index contributed by atoms with van der Waals surface area (Å²) in [5, 5.41) is 0. The van der Waals surface area contributed by atoms with Crippen LogP contribution in [0.25, 0.3) is 0 Å². The smallest absolute Gasteiger partial charge is 0.163 e. The summed E-state index contributed by atoms with van der Waals surface area (Å²) in [5.41, 5.74) is 2.23. The molecule has 0 unspecified atom stereocenters. The molecule has 1 aromatic carbocycles. The Balaban J connectivity index is 1.56. The highest BCUT2D eigenvalue weighted by molar-refractivity contribution is 6.05. The van der Waals surface area contributed by atoms with E-state index in [-0.39, 0.29) is 17.5 Å². The highest BCUT2D eigenvalue weighted by Crippen LogP contribution is 2.48. The van der Waals surface area contributed by atoms with Gasteiger partial charge in [-0.2, -0.15) is 0 Å². The number of allylic oxidation sites excluding steroid dienone is 4. The molecule has 178 valence electrons. The Morgan fingerprint density at radius 2 is 1.48 bits per heavy atom. The molecule has 0 saturated heterocycles. The zero-order valence-corrected chi connectivity index (χ0v) is 20.0. The van der Waals surface area contributed by atoms with Crippen molar-refractivity contribution in [2.45, 2.75) is 89.9 Å². The van der Waals surface area contributed by atoms with Gasteiger partial charge in [0.2, 0.25) is 0 Å². The van der Waals surface area contributed by atoms with E-state index in [0.717, 1.165) is 49.2 Å². The molecule has 1 aromatic rings. The molecule has 0 amide bonds. The minimum atomic E-state index is -0.370. The van der Waals surface area contributed by atoms with Gasteiger partial charge in [0.05, 0.1) is 13.7 Å². The highest BCUT2D eigenvalue weighted by atomic mass is 16.5. The van der Waals surface area contributed by atoms with Gasteiger partial charge in [-0.15, -0.1) is 0 Å². The zero-order valence-electron chi connectivity index (χ0n) is 20.0. The van der Waals surface area contributed by atoms with Crippen LogP contribution in [0.4, 0.5) is 0 Å². The van der Waals surface area contributed by atoms with Crippen molar-refractivity contribution >= 4 is 11.6 Å². The van der Waals surface area contributed by atoms with Crippen LogP contribution in [0, 0.1) is 0 Å². The predicted molar refractivity (Wildman–Crippen MR) is 127 cm³/mol. The minimum Gasteiger partial charge on any atom is -0.493 e. The number of carbonyl (C=O) groups is 2. The maximum absolute atomic E-state index is 13.0. The number of hydrogen-bond donors (Lipinski definition) is 0. The van der Waals surface area contributed by atoms with Crippen molar-refractivity contribution < 1.29 is 23.8 Å². The topological polar surface area (TPSA) is 61.8 Å². The van der Waals surface area contributed by atoms with E-state index in [4.69, 9.17) is 14.2 Å². The van der Waals surface area contributed by atoms with Gasteiger partial charge in [-0.25, -0.2) is 0 Å². The van der Waals surface area contributed by atoms with Crippen molar-refractivity contribution in [2.75, 3.05) is 13.7 Å². The molecular weight excluding hydrogens is 416 g/mol. The van der Waals surface area contributed by atoms with Crippen LogP contribution in [0.2, 0.25) is 0 Å². The van der Waals surface area contributed by atoms with Gasteiger partial charge in [0.25, 0.3) is 0 Å². The fourth-order valence-corrected chi connectivity index (χ4v) is 5.20. The quantitative estimate of drug-likeness (QED) is 0.376. The molecule has 33 heavy (non-hydrogen) atoms. The SMILES string of the molecule is CCCCCCCCOc1ccc(C2C3=C(CCCC3=O)OC3=C2C(=O)CCC3)cc1OC. The lowest BCUT2D eigenvalue weighted by Gasteiger charge is -2.36. The summed E-state index contributed by atoms with van der Waals surface area (Å²) in [4.78, 5) is 25.9. The van der Waals surface area contributed by atoms with Crippen molar-refractivity contribution in [2.24, 2.45) is 0 Å². The lowest BCUT2D eigenvalue weighted by Crippen LogP contribution is -2.30. The van der Waals surface area contributed by atoms with Crippen molar-refractivity contribution in [1.29, 1.82) is 0 Å². The van der Waals surface area contributed by atoms with Crippen molar-refractivity contribution in [3.8, 4) is 11.5 Å². The molecule has 2 aliphatic carbocycles. The molecule has 1 heterocycles. The third kappa shape index (κ3) is 5.18. The monoisotopic (exact) mass is 452 g/mol. The lowest BCUT2D eigenvalue weighted by molar-refractivity contribution is -0.117. The predicted octanol–water partition coefficient (Wildman–Crippen LogP) is 6.56. The Morgan fingerprint density at radius 3 is 2.12 bits per heavy atom. The molecular formula is C28H36O5. The average molecular weight is 453 g/mol. The first-order valence-electron chi connectivity index (χ1n) is 12.6. The molecule has 0 atom stereocenters. The van der Waals surface area contributed by atoms with E-state index in [0.29, 0.717) is 42.1 Å². The molecule has 0 bridgehead atoms. The Hall–Kier alpha value is -2.56. The zero-order chi connectivity index (χ0) is 23.2. The van der Waals surface area contributed by atoms with Crippen LogP contribution in [0.1, 0.15) is 95.5 Å². The molecule has 3 aliphatic rings. The van der Waals surface area contributed by atoms with E-state index in [9.17, 15) is 9.59 Å². The van der Waals surface area contributed by atoms with Crippen LogP contribution in [-0.2, 0) is 14.3 Å². The molecule has 0 spiro atoms. The van der Waals surface area contributed by atoms with Gasteiger partial charge in [-0.1, -0.05) is 45.1 Å². The van der Waals surface area contributed by atoms with Crippen LogP contribution in [0.15, 0.2) is 40.9 Å². The number of unbranched alkanes of at least 4 members (excludes halogenated alkanes) is 5. The Morgan fingerprint density at radius 1 is 0.848 bits per heavy atom. The second-order valence-corrected chi connectivity index (χ2v) is 9.29. The normalized spacial score (nSPS) is 18.7. The summed E-state index contributed by atoms with van der Waals surface area (Å²) in [6.45, 7) is 2.88. The fraction of sp³-hybridized carbons (Fsp3) is 0.571. The summed E-state index contributed by atoms with van der Waals surface area (Å²) in [6.07, 6.45) is 11.4. The molecule has 0 N–H and O–H groups in total. The molecule has 0 aromatic heterocycles. The molecule has 5 nitrogen and oxygen atoms in total. The average Bonchev–Trinajstić information content (AvgIpc) is 2.82. The second-order valence-electron chi connectivity index (χ2n) is 9.29. The van der Waals surface area contributed by atoms with E-state index < -0.39 is 0 Å². The summed E-state index contributed by atoms with van der Waals surface area (Å²) in [6, 6.07) is 5.83. The van der Waals surface area contributed by atoms with Gasteiger partial charge in [0.1, 0.15) is 11.5 Å². The van der Waals surface area contributed by atoms with E-state index in [2.05, 4.69) is 6.92 Å². The molecule has 5 heteroatoms. The third-order valence-electron chi connectivity index (χ3n) is 6.92. The van der Waals surface area contributed by atoms with Crippen LogP contribution < -0.4 is 9.47 Å². The Kier molecular flexibility index (Phi) is 7.89. The van der Waals surface area contributed by atoms with Gasteiger partial charge >= 0.3 is 0 Å². The van der Waals surface area contributed by atoms with E-state index in [1.165, 1.54) is 32.1 Å². The number of Topliss-reactive ketones (excluding diaryl/α,β-unsaturated/α-hetero) is 2. The summed E-state index contributed by atoms with van der Waals surface area (Å²) in [7, 11) is 1.63. The molecule has 0 fully saturated rings. The summed E-state index contributed by atoms with van der Waals surface area (Å²) < 4.78 is 17.8.